The summed E-state index contributed by atoms with van der Waals surface area (Å²) in [4.78, 5) is 9.00. The third-order valence-corrected chi connectivity index (χ3v) is 10.7. The summed E-state index contributed by atoms with van der Waals surface area (Å²) in [7, 11) is -5.48. The molecule has 0 saturated heterocycles. The Hall–Kier alpha value is 0.711. The van der Waals surface area contributed by atoms with Crippen LogP contribution < -0.4 is 0 Å². The maximum Gasteiger partial charge on any atom is 1.00 e. The van der Waals surface area contributed by atoms with E-state index in [1.807, 2.05) is 0 Å². The summed E-state index contributed by atoms with van der Waals surface area (Å²) in [6.07, 6.45) is 0. The number of hydrogen-bond acceptors (Lipinski definition) is 1. The van der Waals surface area contributed by atoms with Gasteiger partial charge < -0.3 is 27.8 Å². The first-order valence-electron chi connectivity index (χ1n) is 10.3. The summed E-state index contributed by atoms with van der Waals surface area (Å²) in [5.74, 6) is -0.833. The van der Waals surface area contributed by atoms with Crippen LogP contribution in [0.25, 0.3) is 0 Å². The molecule has 195 valence electrons. The van der Waals surface area contributed by atoms with Crippen LogP contribution in [-0.2, 0) is 24.6 Å². The molecule has 0 rings (SSSR count). The molecule has 0 atom stereocenters. The standard InChI is InChI=1S/2C9H21P.C2H4O2.BF4.H2O.Os/c2*1-7(2)10(8(3)4)9(5)6;1-2(3)4;2-1(3,4)5;;/h2*7-9H,1-6H3;1H3,(H,3,4);;1H2;/q;;;-1;;+1. The van der Waals surface area contributed by atoms with Crippen LogP contribution >= 0.6 is 15.8 Å². The van der Waals surface area contributed by atoms with Gasteiger partial charge in [-0.2, -0.15) is 0 Å². The average Bonchev–Trinajstić information content (AvgIpc) is 2.32. The number of rotatable bonds is 6. The second-order valence-electron chi connectivity index (χ2n) is 8.47. The summed E-state index contributed by atoms with van der Waals surface area (Å²) in [6.45, 7) is 29.3. The molecule has 0 aliphatic carbocycles. The maximum atomic E-state index is 9.75. The molecular formula is C20H48BF4O3OsP2. The van der Waals surface area contributed by atoms with E-state index in [4.69, 9.17) is 9.90 Å². The number of halogens is 4. The minimum absolute atomic E-state index is 0. The van der Waals surface area contributed by atoms with E-state index in [9.17, 15) is 17.3 Å². The summed E-state index contributed by atoms with van der Waals surface area (Å²) >= 11 is 0. The van der Waals surface area contributed by atoms with Crippen molar-refractivity contribution in [3.8, 4) is 0 Å². The van der Waals surface area contributed by atoms with Gasteiger partial charge in [-0.1, -0.05) is 98.9 Å². The quantitative estimate of drug-likeness (QED) is 0.177. The van der Waals surface area contributed by atoms with Crippen LogP contribution in [0.15, 0.2) is 0 Å². The van der Waals surface area contributed by atoms with Crippen molar-refractivity contribution in [2.24, 2.45) is 0 Å². The van der Waals surface area contributed by atoms with Crippen LogP contribution in [0.4, 0.5) is 17.3 Å². The Morgan fingerprint density at radius 3 is 0.677 bits per heavy atom. The third kappa shape index (κ3) is 41.5. The monoisotopic (exact) mass is 677 g/mol. The second kappa shape index (κ2) is 23.9. The number of carbonyl (C=O) groups is 1. The molecule has 0 aliphatic heterocycles. The molecule has 0 aromatic heterocycles. The first-order valence-corrected chi connectivity index (χ1v) is 13.4. The topological polar surface area (TPSA) is 68.8 Å². The summed E-state index contributed by atoms with van der Waals surface area (Å²) in [6, 6.07) is 0. The molecule has 0 heterocycles. The van der Waals surface area contributed by atoms with Gasteiger partial charge in [0.15, 0.2) is 0 Å². The van der Waals surface area contributed by atoms with E-state index < -0.39 is 13.2 Å². The van der Waals surface area contributed by atoms with E-state index in [-0.39, 0.29) is 41.1 Å². The van der Waals surface area contributed by atoms with Gasteiger partial charge in [-0.3, -0.25) is 4.79 Å². The molecule has 0 saturated carbocycles. The zero-order valence-corrected chi connectivity index (χ0v) is 26.0. The summed E-state index contributed by atoms with van der Waals surface area (Å²) in [5, 5.41) is 7.42. The molecule has 0 aromatic carbocycles. The molecular weight excluding hydrogens is 627 g/mol. The van der Waals surface area contributed by atoms with Gasteiger partial charge in [-0.05, 0) is 34.0 Å². The van der Waals surface area contributed by atoms with E-state index in [2.05, 4.69) is 83.1 Å². The predicted octanol–water partition coefficient (Wildman–Crippen LogP) is 7.95. The summed E-state index contributed by atoms with van der Waals surface area (Å²) in [5.41, 5.74) is 5.39. The van der Waals surface area contributed by atoms with Crippen LogP contribution in [0.2, 0.25) is 0 Å². The van der Waals surface area contributed by atoms with Crippen molar-refractivity contribution in [2.75, 3.05) is 0 Å². The van der Waals surface area contributed by atoms with Gasteiger partial charge >= 0.3 is 27.0 Å². The van der Waals surface area contributed by atoms with Crippen LogP contribution in [0.5, 0.6) is 0 Å². The van der Waals surface area contributed by atoms with Crippen molar-refractivity contribution in [3.05, 3.63) is 0 Å². The normalized spacial score (nSPS) is 10.9. The molecule has 3 nitrogen and oxygen atoms in total. The SMILES string of the molecule is CC(=O)O.CC(C)P(C(C)C)C(C)C.CC(C)P(C(C)C)C(C)C.F[B-](F)(F)F.O.[Os+]. The Bertz CT molecular complexity index is 327. The number of carboxylic acids is 1. The van der Waals surface area contributed by atoms with Crippen molar-refractivity contribution in [2.45, 2.75) is 124 Å². The molecule has 0 fully saturated rings. The molecule has 11 heteroatoms. The molecule has 3 N–H and O–H groups in total. The van der Waals surface area contributed by atoms with E-state index in [0.717, 1.165) is 40.9 Å². The molecule has 0 unspecified atom stereocenters. The Morgan fingerprint density at radius 2 is 0.677 bits per heavy atom. The molecule has 0 bridgehead atoms. The van der Waals surface area contributed by atoms with Gasteiger partial charge in [0.25, 0.3) is 5.97 Å². The van der Waals surface area contributed by atoms with Gasteiger partial charge in [-0.15, -0.1) is 0 Å². The first-order chi connectivity index (χ1) is 12.7. The molecule has 0 aromatic rings. The van der Waals surface area contributed by atoms with Crippen LogP contribution in [0, 0.1) is 0 Å². The second-order valence-corrected chi connectivity index (χ2v) is 16.5. The van der Waals surface area contributed by atoms with E-state index in [1.165, 1.54) is 0 Å². The smallest absolute Gasteiger partial charge is 0.481 e. The van der Waals surface area contributed by atoms with E-state index >= 15 is 0 Å². The van der Waals surface area contributed by atoms with Crippen molar-refractivity contribution >= 4 is 29.1 Å². The molecule has 0 spiro atoms. The summed E-state index contributed by atoms with van der Waals surface area (Å²) < 4.78 is 39.0. The molecule has 0 amide bonds. The van der Waals surface area contributed by atoms with E-state index in [1.54, 1.807) is 0 Å². The number of carboxylic acid groups (broad SMARTS) is 1. The zero-order valence-electron chi connectivity index (χ0n) is 21.7. The minimum atomic E-state index is -6.00. The van der Waals surface area contributed by atoms with Crippen molar-refractivity contribution < 1.29 is 52.4 Å². The number of hydrogen-bond donors (Lipinski definition) is 1. The Morgan fingerprint density at radius 1 is 0.613 bits per heavy atom. The average molecular weight is 676 g/mol. The fourth-order valence-corrected chi connectivity index (χ4v) is 10.7. The largest absolute Gasteiger partial charge is 1.00 e. The maximum absolute atomic E-state index is 9.75. The Balaban J connectivity index is -0.0000000701. The van der Waals surface area contributed by atoms with Gasteiger partial charge in [-0.25, -0.2) is 0 Å². The van der Waals surface area contributed by atoms with Crippen LogP contribution in [-0.4, -0.2) is 57.8 Å². The molecule has 31 heavy (non-hydrogen) atoms. The van der Waals surface area contributed by atoms with Gasteiger partial charge in [0.05, 0.1) is 0 Å². The zero-order chi connectivity index (χ0) is 24.7. The Labute approximate surface area is 205 Å². The molecule has 1 radical (unpaired) electrons. The van der Waals surface area contributed by atoms with Gasteiger partial charge in [0.2, 0.25) is 0 Å². The van der Waals surface area contributed by atoms with Crippen molar-refractivity contribution in [3.63, 3.8) is 0 Å². The van der Waals surface area contributed by atoms with Gasteiger partial charge in [0, 0.05) is 6.92 Å². The third-order valence-electron chi connectivity index (χ3n) is 3.58. The number of aliphatic carboxylic acids is 1. The van der Waals surface area contributed by atoms with Crippen LogP contribution in [0.1, 0.15) is 90.0 Å². The van der Waals surface area contributed by atoms with Crippen molar-refractivity contribution in [1.82, 2.24) is 0 Å². The van der Waals surface area contributed by atoms with Crippen LogP contribution in [0.3, 0.4) is 0 Å². The van der Waals surface area contributed by atoms with Gasteiger partial charge in [0.1, 0.15) is 0 Å². The molecule has 0 aliphatic rings. The first kappa shape index (κ1) is 45.2. The van der Waals surface area contributed by atoms with E-state index in [0.29, 0.717) is 0 Å². The minimum Gasteiger partial charge on any atom is -0.481 e. The Kier molecular flexibility index (Phi) is 34.8. The van der Waals surface area contributed by atoms with Crippen molar-refractivity contribution in [1.29, 1.82) is 0 Å². The fourth-order valence-electron chi connectivity index (χ4n) is 3.58. The predicted molar refractivity (Wildman–Crippen MR) is 132 cm³/mol. The fraction of sp³-hybridized carbons (Fsp3) is 0.950.